The molecule has 0 fully saturated rings. The van der Waals surface area contributed by atoms with Crippen molar-refractivity contribution in [2.45, 2.75) is 38.5 Å². The van der Waals surface area contributed by atoms with Gasteiger partial charge in [-0.1, -0.05) is 48.8 Å². The molecule has 0 saturated carbocycles. The molecule has 1 heterocycles. The maximum absolute atomic E-state index is 12.9. The van der Waals surface area contributed by atoms with Gasteiger partial charge < -0.3 is 20.3 Å². The van der Waals surface area contributed by atoms with Crippen molar-refractivity contribution in [2.24, 2.45) is 5.92 Å². The fourth-order valence-electron chi connectivity index (χ4n) is 3.43. The molecular formula is C23H24Cl2N6O5S. The molecular weight excluding hydrogens is 543 g/mol. The molecule has 196 valence electrons. The largest absolute Gasteiger partial charge is 0.502 e. The molecule has 0 aliphatic rings. The Morgan fingerprint density at radius 2 is 1.92 bits per heavy atom. The SMILES string of the molecule is CCn1c(SCC(=O)Nc2ccc(O)c([N+](=O)[O-])c2)nnc1[C@@H](NC(=O)c1ccc(Cl)cc1Cl)C(C)C. The number of carbonyl (C=O) groups is 2. The van der Waals surface area contributed by atoms with Crippen molar-refractivity contribution in [1.82, 2.24) is 20.1 Å². The van der Waals surface area contributed by atoms with Gasteiger partial charge in [0.15, 0.2) is 16.7 Å². The van der Waals surface area contributed by atoms with E-state index in [4.69, 9.17) is 23.2 Å². The van der Waals surface area contributed by atoms with Gasteiger partial charge in [0.05, 0.1) is 27.3 Å². The van der Waals surface area contributed by atoms with Gasteiger partial charge in [-0.3, -0.25) is 19.7 Å². The first-order chi connectivity index (χ1) is 17.5. The molecule has 2 amide bonds. The number of anilines is 1. The van der Waals surface area contributed by atoms with Crippen LogP contribution in [0.15, 0.2) is 41.6 Å². The van der Waals surface area contributed by atoms with Crippen molar-refractivity contribution >= 4 is 58.2 Å². The van der Waals surface area contributed by atoms with E-state index in [9.17, 15) is 24.8 Å². The molecule has 11 nitrogen and oxygen atoms in total. The quantitative estimate of drug-likeness (QED) is 0.133. The second-order valence-electron chi connectivity index (χ2n) is 8.20. The minimum absolute atomic E-state index is 0.0454. The van der Waals surface area contributed by atoms with E-state index in [2.05, 4.69) is 20.8 Å². The summed E-state index contributed by atoms with van der Waals surface area (Å²) in [6.45, 7) is 6.24. The molecule has 0 unspecified atom stereocenters. The van der Waals surface area contributed by atoms with Gasteiger partial charge in [-0.2, -0.15) is 0 Å². The van der Waals surface area contributed by atoms with Gasteiger partial charge in [0.25, 0.3) is 5.91 Å². The Kier molecular flexibility index (Phi) is 9.35. The summed E-state index contributed by atoms with van der Waals surface area (Å²) >= 11 is 13.3. The lowest BCUT2D eigenvalue weighted by Gasteiger charge is -2.22. The number of nitrogens with zero attached hydrogens (tertiary/aromatic N) is 4. The van der Waals surface area contributed by atoms with Crippen LogP contribution in [0.2, 0.25) is 10.0 Å². The molecule has 1 aromatic heterocycles. The molecule has 0 aliphatic heterocycles. The van der Waals surface area contributed by atoms with E-state index >= 15 is 0 Å². The molecule has 37 heavy (non-hydrogen) atoms. The molecule has 3 N–H and O–H groups in total. The Morgan fingerprint density at radius 3 is 2.54 bits per heavy atom. The van der Waals surface area contributed by atoms with Crippen LogP contribution in [0.5, 0.6) is 5.75 Å². The van der Waals surface area contributed by atoms with Crippen LogP contribution >= 0.6 is 35.0 Å². The van der Waals surface area contributed by atoms with Gasteiger partial charge in [0.1, 0.15) is 0 Å². The minimum Gasteiger partial charge on any atom is -0.502 e. The first-order valence-electron chi connectivity index (χ1n) is 11.1. The number of nitro groups is 1. The Morgan fingerprint density at radius 1 is 1.19 bits per heavy atom. The zero-order valence-electron chi connectivity index (χ0n) is 20.1. The first kappa shape index (κ1) is 28.2. The lowest BCUT2D eigenvalue weighted by molar-refractivity contribution is -0.385. The monoisotopic (exact) mass is 566 g/mol. The van der Waals surface area contributed by atoms with Gasteiger partial charge in [0.2, 0.25) is 5.91 Å². The van der Waals surface area contributed by atoms with E-state index in [1.807, 2.05) is 20.8 Å². The number of rotatable bonds is 10. The molecule has 3 rings (SSSR count). The summed E-state index contributed by atoms with van der Waals surface area (Å²) in [5.74, 6) is -0.882. The number of halogens is 2. The van der Waals surface area contributed by atoms with Gasteiger partial charge in [-0.15, -0.1) is 10.2 Å². The van der Waals surface area contributed by atoms with Crippen molar-refractivity contribution in [1.29, 1.82) is 0 Å². The minimum atomic E-state index is -0.740. The number of aromatic hydroxyl groups is 1. The number of hydrogen-bond acceptors (Lipinski definition) is 8. The molecule has 3 aromatic rings. The third kappa shape index (κ3) is 6.90. The van der Waals surface area contributed by atoms with E-state index in [0.29, 0.717) is 22.5 Å². The van der Waals surface area contributed by atoms with Crippen LogP contribution in [0.25, 0.3) is 0 Å². The van der Waals surface area contributed by atoms with Crippen molar-refractivity contribution in [3.05, 3.63) is 67.9 Å². The number of nitro benzene ring substituents is 1. The average molecular weight is 567 g/mol. The predicted octanol–water partition coefficient (Wildman–Crippen LogP) is 5.08. The highest BCUT2D eigenvalue weighted by Crippen LogP contribution is 2.30. The molecule has 1 atom stereocenters. The van der Waals surface area contributed by atoms with Crippen molar-refractivity contribution in [3.63, 3.8) is 0 Å². The normalized spacial score (nSPS) is 11.8. The molecule has 0 aliphatic carbocycles. The number of nitrogens with one attached hydrogen (secondary N) is 2. The third-order valence-corrected chi connectivity index (χ3v) is 6.77. The Labute approximate surface area is 226 Å². The van der Waals surface area contributed by atoms with E-state index in [1.165, 1.54) is 12.1 Å². The Hall–Kier alpha value is -3.35. The second kappa shape index (κ2) is 12.3. The molecule has 14 heteroatoms. The van der Waals surface area contributed by atoms with Crippen LogP contribution in [0.3, 0.4) is 0 Å². The summed E-state index contributed by atoms with van der Waals surface area (Å²) in [5, 5.41) is 35.7. The zero-order chi connectivity index (χ0) is 27.3. The van der Waals surface area contributed by atoms with Gasteiger partial charge in [-0.05, 0) is 43.2 Å². The molecule has 0 saturated heterocycles. The maximum Gasteiger partial charge on any atom is 0.312 e. The first-order valence-corrected chi connectivity index (χ1v) is 12.8. The van der Waals surface area contributed by atoms with Crippen molar-refractivity contribution in [2.75, 3.05) is 11.1 Å². The molecule has 0 spiro atoms. The van der Waals surface area contributed by atoms with Crippen molar-refractivity contribution < 1.29 is 19.6 Å². The van der Waals surface area contributed by atoms with Crippen LogP contribution in [-0.4, -0.2) is 42.4 Å². The summed E-state index contributed by atoms with van der Waals surface area (Å²) in [6.07, 6.45) is 0. The summed E-state index contributed by atoms with van der Waals surface area (Å²) < 4.78 is 1.80. The number of phenolic OH excluding ortho intramolecular Hbond substituents is 1. The lowest BCUT2D eigenvalue weighted by atomic mass is 10.0. The summed E-state index contributed by atoms with van der Waals surface area (Å²) in [4.78, 5) is 35.6. The topological polar surface area (TPSA) is 152 Å². The van der Waals surface area contributed by atoms with Gasteiger partial charge in [0, 0.05) is 23.3 Å². The van der Waals surface area contributed by atoms with Gasteiger partial charge in [-0.25, -0.2) is 0 Å². The number of benzene rings is 2. The molecule has 0 bridgehead atoms. The van der Waals surface area contributed by atoms with E-state index in [1.54, 1.807) is 16.7 Å². The summed E-state index contributed by atoms with van der Waals surface area (Å²) in [7, 11) is 0. The Bertz CT molecular complexity index is 1330. The van der Waals surface area contributed by atoms with Crippen LogP contribution < -0.4 is 10.6 Å². The van der Waals surface area contributed by atoms with Gasteiger partial charge >= 0.3 is 5.69 Å². The predicted molar refractivity (Wildman–Crippen MR) is 141 cm³/mol. The number of hydrogen-bond donors (Lipinski definition) is 3. The third-order valence-electron chi connectivity index (χ3n) is 5.26. The highest BCUT2D eigenvalue weighted by Gasteiger charge is 2.27. The molecule has 0 radical (unpaired) electrons. The van der Waals surface area contributed by atoms with Crippen LogP contribution in [0.1, 0.15) is 43.0 Å². The number of amides is 2. The van der Waals surface area contributed by atoms with E-state index in [0.717, 1.165) is 23.9 Å². The number of phenols is 1. The smallest absolute Gasteiger partial charge is 0.312 e. The average Bonchev–Trinajstić information content (AvgIpc) is 3.24. The highest BCUT2D eigenvalue weighted by atomic mass is 35.5. The molecule has 2 aromatic carbocycles. The van der Waals surface area contributed by atoms with E-state index < -0.39 is 28.3 Å². The zero-order valence-corrected chi connectivity index (χ0v) is 22.4. The lowest BCUT2D eigenvalue weighted by Crippen LogP contribution is -2.34. The summed E-state index contributed by atoms with van der Waals surface area (Å²) in [5.41, 5.74) is -0.0568. The van der Waals surface area contributed by atoms with Crippen molar-refractivity contribution in [3.8, 4) is 5.75 Å². The standard InChI is InChI=1S/C23H24Cl2N6O5S/c1-4-30-21(20(12(2)3)27-22(34)15-7-5-13(24)9-16(15)25)28-29-23(30)37-11-19(33)26-14-6-8-18(32)17(10-14)31(35)36/h5-10,12,20,32H,4,11H2,1-3H3,(H,26,33)(H,27,34)/t20-/m0/s1. The second-order valence-corrected chi connectivity index (χ2v) is 9.99. The van der Waals surface area contributed by atoms with Crippen LogP contribution in [0.4, 0.5) is 11.4 Å². The highest BCUT2D eigenvalue weighted by molar-refractivity contribution is 7.99. The fraction of sp³-hybridized carbons (Fsp3) is 0.304. The maximum atomic E-state index is 12.9. The van der Waals surface area contributed by atoms with Crippen LogP contribution in [-0.2, 0) is 11.3 Å². The summed E-state index contributed by atoms with van der Waals surface area (Å²) in [6, 6.07) is 7.70. The number of thioether (sulfide) groups is 1. The Balaban J connectivity index is 1.73. The number of carbonyl (C=O) groups excluding carboxylic acids is 2. The fourth-order valence-corrected chi connectivity index (χ4v) is 4.73. The van der Waals surface area contributed by atoms with Crippen LogP contribution in [0, 0.1) is 16.0 Å². The number of aromatic nitrogens is 3. The van der Waals surface area contributed by atoms with E-state index in [-0.39, 0.29) is 33.9 Å².